The average molecular weight is 477 g/mol. The average Bonchev–Trinajstić information content (AvgIpc) is 3.57. The Morgan fingerprint density at radius 3 is 2.43 bits per heavy atom. The molecule has 4 rings (SSSR count). The summed E-state index contributed by atoms with van der Waals surface area (Å²) in [6, 6.07) is 12.0. The number of pyridine rings is 1. The van der Waals surface area contributed by atoms with E-state index in [-0.39, 0.29) is 0 Å². The van der Waals surface area contributed by atoms with Gasteiger partial charge in [-0.1, -0.05) is 50.6 Å². The van der Waals surface area contributed by atoms with Crippen LogP contribution >= 0.6 is 0 Å². The maximum Gasteiger partial charge on any atom is 0.231 e. The zero-order valence-corrected chi connectivity index (χ0v) is 20.7. The summed E-state index contributed by atoms with van der Waals surface area (Å²) >= 11 is 0. The lowest BCUT2D eigenvalue weighted by atomic mass is 10.0. The normalized spacial score (nSPS) is 11.8. The first-order chi connectivity index (χ1) is 17.1. The van der Waals surface area contributed by atoms with Gasteiger partial charge < -0.3 is 9.47 Å². The van der Waals surface area contributed by atoms with Gasteiger partial charge in [0.2, 0.25) is 17.4 Å². The van der Waals surface area contributed by atoms with Crippen molar-refractivity contribution in [1.29, 1.82) is 0 Å². The van der Waals surface area contributed by atoms with Gasteiger partial charge in [0.25, 0.3) is 0 Å². The highest BCUT2D eigenvalue weighted by molar-refractivity contribution is 5.78. The molecule has 0 aliphatic heterocycles. The summed E-state index contributed by atoms with van der Waals surface area (Å²) in [7, 11) is 3.29. The molecular weight excluding hydrogens is 444 g/mol. The molecule has 0 amide bonds. The van der Waals surface area contributed by atoms with E-state index in [0.29, 0.717) is 24.5 Å². The molecule has 1 aromatic carbocycles. The maximum atomic E-state index is 5.79. The first-order valence-corrected chi connectivity index (χ1v) is 12.0. The van der Waals surface area contributed by atoms with E-state index in [1.54, 1.807) is 14.2 Å². The zero-order chi connectivity index (χ0) is 24.7. The van der Waals surface area contributed by atoms with Gasteiger partial charge >= 0.3 is 0 Å². The minimum Gasteiger partial charge on any atom is -0.347 e. The third kappa shape index (κ3) is 5.28. The van der Waals surface area contributed by atoms with Crippen molar-refractivity contribution < 1.29 is 9.47 Å². The molecule has 184 valence electrons. The number of hydrogen-bond donors (Lipinski definition) is 1. The molecule has 0 radical (unpaired) electrons. The van der Waals surface area contributed by atoms with Crippen LogP contribution in [-0.4, -0.2) is 54.6 Å². The second kappa shape index (κ2) is 11.3. The van der Waals surface area contributed by atoms with E-state index in [0.717, 1.165) is 54.0 Å². The fourth-order valence-electron chi connectivity index (χ4n) is 4.10. The molecule has 0 fully saturated rings. The molecule has 10 nitrogen and oxygen atoms in total. The van der Waals surface area contributed by atoms with E-state index >= 15 is 0 Å². The summed E-state index contributed by atoms with van der Waals surface area (Å²) < 4.78 is 13.5. The van der Waals surface area contributed by atoms with Crippen LogP contribution < -0.4 is 0 Å². The topological polar surface area (TPSA) is 117 Å². The van der Waals surface area contributed by atoms with Crippen LogP contribution in [0.15, 0.2) is 42.6 Å². The summed E-state index contributed by atoms with van der Waals surface area (Å²) in [5.41, 5.74) is 3.69. The van der Waals surface area contributed by atoms with Crippen molar-refractivity contribution in [3.05, 3.63) is 59.8 Å². The van der Waals surface area contributed by atoms with Crippen molar-refractivity contribution in [2.45, 2.75) is 58.3 Å². The van der Waals surface area contributed by atoms with Crippen LogP contribution in [0.25, 0.3) is 22.6 Å². The van der Waals surface area contributed by atoms with E-state index in [1.807, 2.05) is 41.2 Å². The Bertz CT molecular complexity index is 1200. The number of ether oxygens (including phenoxy) is 2. The van der Waals surface area contributed by atoms with Crippen LogP contribution in [-0.2, 0) is 28.2 Å². The highest BCUT2D eigenvalue weighted by atomic mass is 16.7. The second-order valence-corrected chi connectivity index (χ2v) is 8.35. The van der Waals surface area contributed by atoms with Crippen molar-refractivity contribution >= 4 is 0 Å². The van der Waals surface area contributed by atoms with Crippen LogP contribution in [0.3, 0.4) is 0 Å². The Labute approximate surface area is 205 Å². The summed E-state index contributed by atoms with van der Waals surface area (Å²) in [4.78, 5) is 9.59. The van der Waals surface area contributed by atoms with Crippen molar-refractivity contribution in [1.82, 2.24) is 40.4 Å². The largest absolute Gasteiger partial charge is 0.347 e. The third-order valence-corrected chi connectivity index (χ3v) is 6.02. The van der Waals surface area contributed by atoms with E-state index in [2.05, 4.69) is 40.5 Å². The monoisotopic (exact) mass is 476 g/mol. The van der Waals surface area contributed by atoms with Crippen LogP contribution in [0.4, 0.5) is 0 Å². The first-order valence-electron chi connectivity index (χ1n) is 12.0. The van der Waals surface area contributed by atoms with Crippen molar-refractivity contribution in [2.24, 2.45) is 0 Å². The Morgan fingerprint density at radius 2 is 1.80 bits per heavy atom. The zero-order valence-electron chi connectivity index (χ0n) is 20.7. The number of aryl methyl sites for hydroxylation is 1. The lowest BCUT2D eigenvalue weighted by Crippen LogP contribution is -2.32. The van der Waals surface area contributed by atoms with E-state index in [1.165, 1.54) is 0 Å². The number of aromatic amines is 1. The quantitative estimate of drug-likeness (QED) is 0.303. The third-order valence-electron chi connectivity index (χ3n) is 6.02. The predicted molar refractivity (Wildman–Crippen MR) is 131 cm³/mol. The Kier molecular flexibility index (Phi) is 7.94. The maximum absolute atomic E-state index is 5.79. The number of H-pyrrole nitrogens is 1. The van der Waals surface area contributed by atoms with Crippen molar-refractivity contribution in [2.75, 3.05) is 14.2 Å². The van der Waals surface area contributed by atoms with Gasteiger partial charge in [0.1, 0.15) is 5.82 Å². The second-order valence-electron chi connectivity index (χ2n) is 8.35. The van der Waals surface area contributed by atoms with Gasteiger partial charge in [-0.15, -0.1) is 10.2 Å². The number of rotatable bonds is 12. The SMILES string of the molecule is CCCCC(OC)(OC)c1nc(Cc2ccc(-c3ccccc3-c3nn[nH]n3)nc2)n(CCC)n1. The molecule has 0 atom stereocenters. The van der Waals surface area contributed by atoms with Gasteiger partial charge in [0, 0.05) is 50.9 Å². The summed E-state index contributed by atoms with van der Waals surface area (Å²) in [6.45, 7) is 5.03. The van der Waals surface area contributed by atoms with E-state index in [9.17, 15) is 0 Å². The first kappa shape index (κ1) is 24.6. The lowest BCUT2D eigenvalue weighted by Gasteiger charge is -2.27. The van der Waals surface area contributed by atoms with Crippen LogP contribution in [0.5, 0.6) is 0 Å². The number of nitrogens with zero attached hydrogens (tertiary/aromatic N) is 7. The van der Waals surface area contributed by atoms with Gasteiger partial charge in [-0.05, 0) is 29.7 Å². The molecule has 0 unspecified atom stereocenters. The number of aromatic nitrogens is 8. The summed E-state index contributed by atoms with van der Waals surface area (Å²) in [5, 5.41) is 19.2. The number of benzene rings is 1. The molecule has 35 heavy (non-hydrogen) atoms. The fraction of sp³-hybridized carbons (Fsp3) is 0.440. The van der Waals surface area contributed by atoms with Crippen LogP contribution in [0, 0.1) is 0 Å². The van der Waals surface area contributed by atoms with Gasteiger partial charge in [0.05, 0.1) is 5.69 Å². The number of hydrogen-bond acceptors (Lipinski definition) is 8. The van der Waals surface area contributed by atoms with Crippen molar-refractivity contribution in [3.8, 4) is 22.6 Å². The minimum atomic E-state index is -0.940. The standard InChI is InChI=1S/C25H32N8O2/c1-5-7-14-25(34-3,35-4)24-27-22(33(30-24)15-6-2)16-18-12-13-21(26-17-18)19-10-8-9-11-20(19)23-28-31-32-29-23/h8-13,17H,5-7,14-16H2,1-4H3,(H,28,29,31,32). The van der Waals surface area contributed by atoms with Crippen LogP contribution in [0.1, 0.15) is 56.7 Å². The smallest absolute Gasteiger partial charge is 0.231 e. The minimum absolute atomic E-state index is 0.537. The van der Waals surface area contributed by atoms with Gasteiger partial charge in [0.15, 0.2) is 0 Å². The predicted octanol–water partition coefficient (Wildman–Crippen LogP) is 4.16. The Balaban J connectivity index is 1.61. The van der Waals surface area contributed by atoms with Gasteiger partial charge in [-0.2, -0.15) is 10.3 Å². The molecule has 3 aromatic heterocycles. The molecular formula is C25H32N8O2. The fourth-order valence-corrected chi connectivity index (χ4v) is 4.10. The highest BCUT2D eigenvalue weighted by Gasteiger charge is 2.37. The summed E-state index contributed by atoms with van der Waals surface area (Å²) in [6.07, 6.45) is 6.11. The molecule has 0 spiro atoms. The Morgan fingerprint density at radius 1 is 1.00 bits per heavy atom. The highest BCUT2D eigenvalue weighted by Crippen LogP contribution is 2.31. The molecule has 0 bridgehead atoms. The number of methoxy groups -OCH3 is 2. The molecule has 0 aliphatic carbocycles. The molecule has 0 saturated carbocycles. The number of nitrogens with one attached hydrogen (secondary N) is 1. The molecule has 1 N–H and O–H groups in total. The summed E-state index contributed by atoms with van der Waals surface area (Å²) in [5.74, 6) is 1.02. The van der Waals surface area contributed by atoms with Gasteiger partial charge in [-0.25, -0.2) is 9.67 Å². The number of tetrazole rings is 1. The van der Waals surface area contributed by atoms with Crippen LogP contribution in [0.2, 0.25) is 0 Å². The molecule has 4 aromatic rings. The number of unbranched alkanes of at least 4 members (excludes halogenated alkanes) is 1. The van der Waals surface area contributed by atoms with Crippen molar-refractivity contribution in [3.63, 3.8) is 0 Å². The van der Waals surface area contributed by atoms with E-state index in [4.69, 9.17) is 24.5 Å². The lowest BCUT2D eigenvalue weighted by molar-refractivity contribution is -0.226. The Hall–Kier alpha value is -3.50. The molecule has 0 saturated heterocycles. The molecule has 3 heterocycles. The van der Waals surface area contributed by atoms with E-state index < -0.39 is 5.79 Å². The van der Waals surface area contributed by atoms with Gasteiger partial charge in [-0.3, -0.25) is 4.98 Å². The molecule has 10 heteroatoms. The molecule has 0 aliphatic rings.